The monoisotopic (exact) mass is 523 g/mol. The van der Waals surface area contributed by atoms with Gasteiger partial charge in [-0.3, -0.25) is 0 Å². The minimum atomic E-state index is -0.669. The Kier molecular flexibility index (Phi) is 7.57. The summed E-state index contributed by atoms with van der Waals surface area (Å²) in [4.78, 5) is 13.6. The number of fused-ring (bicyclic) bond motifs is 1. The average molecular weight is 524 g/mol. The van der Waals surface area contributed by atoms with Crippen molar-refractivity contribution in [3.8, 4) is 11.5 Å². The molecule has 5 nitrogen and oxygen atoms in total. The fourth-order valence-electron chi connectivity index (χ4n) is 4.07. The van der Waals surface area contributed by atoms with Gasteiger partial charge in [-0.2, -0.15) is 0 Å². The maximum atomic E-state index is 12.6. The Bertz CT molecular complexity index is 1270. The molecular formula is C29H30ClNO4S. The first-order valence-electron chi connectivity index (χ1n) is 11.6. The molecule has 0 radical (unpaired) electrons. The van der Waals surface area contributed by atoms with Gasteiger partial charge in [0.1, 0.15) is 12.2 Å². The van der Waals surface area contributed by atoms with Crippen molar-refractivity contribution in [1.29, 1.82) is 0 Å². The van der Waals surface area contributed by atoms with E-state index in [2.05, 4.69) is 0 Å². The molecule has 0 amide bonds. The molecular weight excluding hydrogens is 494 g/mol. The van der Waals surface area contributed by atoms with Crippen LogP contribution in [0.4, 0.5) is 0 Å². The zero-order chi connectivity index (χ0) is 25.9. The van der Waals surface area contributed by atoms with Crippen LogP contribution in [0.25, 0.3) is 0 Å². The molecule has 0 fully saturated rings. The molecule has 7 heteroatoms. The standard InChI is InChI=1S/C29H30ClNO4S/c1-28(2,3)35-27(32)16-26(31)29(36-22-12-10-21(30)11-13-22)17-20-14-24(33-4)25(15-23(20)29)34-18-19-8-6-5-7-9-19/h5-16H,17-18,31H2,1-4H3/b26-16-. The summed E-state index contributed by atoms with van der Waals surface area (Å²) in [7, 11) is 1.63. The summed E-state index contributed by atoms with van der Waals surface area (Å²) in [5.41, 5.74) is 9.56. The number of methoxy groups -OCH3 is 1. The number of nitrogens with two attached hydrogens (primary N) is 1. The average Bonchev–Trinajstić information content (AvgIpc) is 2.82. The Labute approximate surface area is 221 Å². The lowest BCUT2D eigenvalue weighted by atomic mass is 9.74. The number of ether oxygens (including phenoxy) is 3. The second-order valence-electron chi connectivity index (χ2n) is 9.63. The third-order valence-corrected chi connectivity index (χ3v) is 7.46. The van der Waals surface area contributed by atoms with E-state index in [1.165, 1.54) is 6.08 Å². The van der Waals surface area contributed by atoms with Gasteiger partial charge in [0.2, 0.25) is 0 Å². The molecule has 188 valence electrons. The first-order valence-corrected chi connectivity index (χ1v) is 12.8. The zero-order valence-electron chi connectivity index (χ0n) is 20.8. The van der Waals surface area contributed by atoms with Crippen molar-refractivity contribution < 1.29 is 19.0 Å². The van der Waals surface area contributed by atoms with E-state index in [9.17, 15) is 4.79 Å². The minimum absolute atomic E-state index is 0.399. The van der Waals surface area contributed by atoms with E-state index in [1.807, 2.05) is 87.5 Å². The molecule has 0 bridgehead atoms. The molecule has 36 heavy (non-hydrogen) atoms. The normalized spacial score (nSPS) is 17.1. The molecule has 0 spiro atoms. The molecule has 0 heterocycles. The second kappa shape index (κ2) is 10.5. The van der Waals surface area contributed by atoms with Crippen LogP contribution in [0.15, 0.2) is 83.4 Å². The van der Waals surface area contributed by atoms with E-state index in [-0.39, 0.29) is 0 Å². The topological polar surface area (TPSA) is 70.8 Å². The first-order chi connectivity index (χ1) is 17.1. The highest BCUT2D eigenvalue weighted by molar-refractivity contribution is 8.00. The van der Waals surface area contributed by atoms with Crippen molar-refractivity contribution >= 4 is 29.3 Å². The van der Waals surface area contributed by atoms with Crippen LogP contribution < -0.4 is 15.2 Å². The van der Waals surface area contributed by atoms with Gasteiger partial charge in [0, 0.05) is 21.7 Å². The van der Waals surface area contributed by atoms with Gasteiger partial charge in [-0.05, 0) is 80.3 Å². The quantitative estimate of drug-likeness (QED) is 0.263. The fraction of sp³-hybridized carbons (Fsp3) is 0.276. The number of hydrogen-bond acceptors (Lipinski definition) is 6. The summed E-state index contributed by atoms with van der Waals surface area (Å²) >= 11 is 7.69. The van der Waals surface area contributed by atoms with Crippen molar-refractivity contribution in [2.75, 3.05) is 7.11 Å². The number of halogens is 1. The molecule has 0 saturated carbocycles. The van der Waals surface area contributed by atoms with Gasteiger partial charge in [-0.25, -0.2) is 4.79 Å². The Morgan fingerprint density at radius 1 is 1.08 bits per heavy atom. The van der Waals surface area contributed by atoms with E-state index in [1.54, 1.807) is 18.9 Å². The third-order valence-electron chi connectivity index (χ3n) is 5.75. The lowest BCUT2D eigenvalue weighted by Crippen LogP contribution is -2.41. The van der Waals surface area contributed by atoms with Gasteiger partial charge in [0.05, 0.1) is 11.9 Å². The van der Waals surface area contributed by atoms with E-state index >= 15 is 0 Å². The van der Waals surface area contributed by atoms with Crippen molar-refractivity contribution in [2.24, 2.45) is 5.73 Å². The number of benzene rings is 3. The highest BCUT2D eigenvalue weighted by Crippen LogP contribution is 2.57. The summed E-state index contributed by atoms with van der Waals surface area (Å²) in [6.07, 6.45) is 2.02. The Morgan fingerprint density at radius 3 is 2.42 bits per heavy atom. The molecule has 3 aromatic rings. The molecule has 0 saturated heterocycles. The Balaban J connectivity index is 1.72. The molecule has 1 aliphatic rings. The molecule has 1 unspecified atom stereocenters. The third kappa shape index (κ3) is 5.82. The van der Waals surface area contributed by atoms with E-state index in [4.69, 9.17) is 31.5 Å². The largest absolute Gasteiger partial charge is 0.493 e. The van der Waals surface area contributed by atoms with Crippen molar-refractivity contribution in [2.45, 2.75) is 49.0 Å². The molecule has 1 atom stereocenters. The Hall–Kier alpha value is -3.09. The summed E-state index contributed by atoms with van der Waals surface area (Å²) in [5, 5.41) is 0.654. The molecule has 3 aromatic carbocycles. The number of carbonyl (C=O) groups is 1. The summed E-state index contributed by atoms with van der Waals surface area (Å²) in [6.45, 7) is 5.88. The van der Waals surface area contributed by atoms with Gasteiger partial charge < -0.3 is 19.9 Å². The highest BCUT2D eigenvalue weighted by atomic mass is 35.5. The van der Waals surface area contributed by atoms with Crippen LogP contribution in [0.1, 0.15) is 37.5 Å². The van der Waals surface area contributed by atoms with Crippen LogP contribution in [-0.4, -0.2) is 18.7 Å². The second-order valence-corrected chi connectivity index (χ2v) is 11.4. The van der Waals surface area contributed by atoms with Crippen LogP contribution in [-0.2, 0) is 27.3 Å². The van der Waals surface area contributed by atoms with Gasteiger partial charge in [0.25, 0.3) is 0 Å². The smallest absolute Gasteiger partial charge is 0.333 e. The van der Waals surface area contributed by atoms with E-state index in [0.717, 1.165) is 21.6 Å². The molecule has 2 N–H and O–H groups in total. The van der Waals surface area contributed by atoms with Crippen LogP contribution in [0.5, 0.6) is 11.5 Å². The van der Waals surface area contributed by atoms with Gasteiger partial charge in [-0.15, -0.1) is 11.8 Å². The maximum Gasteiger partial charge on any atom is 0.333 e. The molecule has 0 aromatic heterocycles. The number of esters is 1. The highest BCUT2D eigenvalue weighted by Gasteiger charge is 2.47. The van der Waals surface area contributed by atoms with Crippen LogP contribution in [0.2, 0.25) is 5.02 Å². The van der Waals surface area contributed by atoms with E-state index in [0.29, 0.717) is 35.2 Å². The van der Waals surface area contributed by atoms with Crippen LogP contribution in [0, 0.1) is 0 Å². The van der Waals surface area contributed by atoms with Crippen LogP contribution in [0.3, 0.4) is 0 Å². The summed E-state index contributed by atoms with van der Waals surface area (Å²) < 4.78 is 16.6. The van der Waals surface area contributed by atoms with Gasteiger partial charge in [-0.1, -0.05) is 41.9 Å². The van der Waals surface area contributed by atoms with Crippen molar-refractivity contribution in [3.05, 3.63) is 100 Å². The Morgan fingerprint density at radius 2 is 1.78 bits per heavy atom. The lowest BCUT2D eigenvalue weighted by Gasteiger charge is -2.44. The molecule has 4 rings (SSSR count). The predicted octanol–water partition coefficient (Wildman–Crippen LogP) is 6.66. The zero-order valence-corrected chi connectivity index (χ0v) is 22.4. The minimum Gasteiger partial charge on any atom is -0.493 e. The first kappa shape index (κ1) is 26.0. The van der Waals surface area contributed by atoms with Gasteiger partial charge >= 0.3 is 5.97 Å². The lowest BCUT2D eigenvalue weighted by molar-refractivity contribution is -0.148. The number of carbonyl (C=O) groups excluding carboxylic acids is 1. The summed E-state index contributed by atoms with van der Waals surface area (Å²) in [6, 6.07) is 21.5. The SMILES string of the molecule is COc1cc2c(cc1OCc1ccccc1)C(Sc1ccc(Cl)cc1)(/C(N)=C/C(=O)OC(C)(C)C)C2. The van der Waals surface area contributed by atoms with Crippen LogP contribution >= 0.6 is 23.4 Å². The number of hydrogen-bond donors (Lipinski definition) is 1. The number of thioether (sulfide) groups is 1. The van der Waals surface area contributed by atoms with E-state index < -0.39 is 16.3 Å². The van der Waals surface area contributed by atoms with Crippen molar-refractivity contribution in [1.82, 2.24) is 0 Å². The van der Waals surface area contributed by atoms with Crippen molar-refractivity contribution in [3.63, 3.8) is 0 Å². The molecule has 0 aliphatic heterocycles. The fourth-order valence-corrected chi connectivity index (χ4v) is 5.58. The molecule has 1 aliphatic carbocycles. The number of rotatable bonds is 8. The summed E-state index contributed by atoms with van der Waals surface area (Å²) in [5.74, 6) is 0.800. The maximum absolute atomic E-state index is 12.6. The van der Waals surface area contributed by atoms with Gasteiger partial charge in [0.15, 0.2) is 11.5 Å². The predicted molar refractivity (Wildman–Crippen MR) is 145 cm³/mol.